The summed E-state index contributed by atoms with van der Waals surface area (Å²) >= 11 is 5.60. The van der Waals surface area contributed by atoms with E-state index in [0.717, 1.165) is 6.20 Å². The van der Waals surface area contributed by atoms with Gasteiger partial charge in [0.25, 0.3) is 0 Å². The SMILES string of the molecule is C=C(CC(OC(C)=O)c1cc(Cl)c(F)cn1)C(=O)O. The Morgan fingerprint density at radius 1 is 1.63 bits per heavy atom. The predicted molar refractivity (Wildman–Crippen MR) is 65.1 cm³/mol. The van der Waals surface area contributed by atoms with Crippen molar-refractivity contribution in [2.75, 3.05) is 0 Å². The van der Waals surface area contributed by atoms with E-state index in [1.807, 2.05) is 0 Å². The molecule has 1 N–H and O–H groups in total. The third kappa shape index (κ3) is 4.33. The number of pyridine rings is 1. The molecule has 0 amide bonds. The molecule has 0 spiro atoms. The summed E-state index contributed by atoms with van der Waals surface area (Å²) in [5, 5.41) is 8.57. The maximum Gasteiger partial charge on any atom is 0.331 e. The number of nitrogens with zero attached hydrogens (tertiary/aromatic N) is 1. The van der Waals surface area contributed by atoms with Gasteiger partial charge >= 0.3 is 11.9 Å². The van der Waals surface area contributed by atoms with Crippen molar-refractivity contribution in [2.24, 2.45) is 0 Å². The number of aliphatic carboxylic acids is 1. The molecule has 0 aliphatic carbocycles. The molecule has 0 aliphatic rings. The average Bonchev–Trinajstić information content (AvgIpc) is 2.31. The van der Waals surface area contributed by atoms with E-state index >= 15 is 0 Å². The van der Waals surface area contributed by atoms with Gasteiger partial charge in [0.05, 0.1) is 16.9 Å². The molecular formula is C12H11ClFNO4. The van der Waals surface area contributed by atoms with Gasteiger partial charge in [0.2, 0.25) is 0 Å². The van der Waals surface area contributed by atoms with Crippen LogP contribution in [0.4, 0.5) is 4.39 Å². The summed E-state index contributed by atoms with van der Waals surface area (Å²) in [4.78, 5) is 25.5. The van der Waals surface area contributed by atoms with Crippen LogP contribution in [0.15, 0.2) is 24.4 Å². The number of halogens is 2. The van der Waals surface area contributed by atoms with Crippen molar-refractivity contribution >= 4 is 23.5 Å². The second-order valence-electron chi connectivity index (χ2n) is 3.73. The van der Waals surface area contributed by atoms with Crippen LogP contribution in [-0.2, 0) is 14.3 Å². The zero-order valence-corrected chi connectivity index (χ0v) is 10.8. The molecule has 1 unspecified atom stereocenters. The molecule has 5 nitrogen and oxygen atoms in total. The number of carbonyl (C=O) groups is 2. The summed E-state index contributed by atoms with van der Waals surface area (Å²) < 4.78 is 17.9. The molecule has 1 atom stereocenters. The minimum Gasteiger partial charge on any atom is -0.478 e. The van der Waals surface area contributed by atoms with E-state index in [9.17, 15) is 14.0 Å². The lowest BCUT2D eigenvalue weighted by molar-refractivity contribution is -0.147. The van der Waals surface area contributed by atoms with E-state index < -0.39 is 23.9 Å². The van der Waals surface area contributed by atoms with Crippen molar-refractivity contribution in [3.63, 3.8) is 0 Å². The highest BCUT2D eigenvalue weighted by atomic mass is 35.5. The molecule has 0 fully saturated rings. The fourth-order valence-electron chi connectivity index (χ4n) is 1.32. The van der Waals surface area contributed by atoms with Crippen LogP contribution in [0.5, 0.6) is 0 Å². The summed E-state index contributed by atoms with van der Waals surface area (Å²) in [6.07, 6.45) is -0.263. The maximum absolute atomic E-state index is 13.0. The Hall–Kier alpha value is -1.95. The molecule has 7 heteroatoms. The molecule has 0 saturated heterocycles. The minimum atomic E-state index is -1.22. The number of carboxylic acids is 1. The Balaban J connectivity index is 3.01. The third-order valence-electron chi connectivity index (χ3n) is 2.20. The van der Waals surface area contributed by atoms with Gasteiger partial charge in [-0.25, -0.2) is 9.18 Å². The van der Waals surface area contributed by atoms with Crippen molar-refractivity contribution in [3.05, 3.63) is 40.9 Å². The molecule has 0 saturated carbocycles. The van der Waals surface area contributed by atoms with E-state index in [1.165, 1.54) is 13.0 Å². The smallest absolute Gasteiger partial charge is 0.331 e. The summed E-state index contributed by atoms with van der Waals surface area (Å²) in [7, 11) is 0. The molecule has 19 heavy (non-hydrogen) atoms. The Kier molecular flexibility index (Phi) is 5.00. The van der Waals surface area contributed by atoms with E-state index in [4.69, 9.17) is 21.4 Å². The van der Waals surface area contributed by atoms with Gasteiger partial charge in [-0.3, -0.25) is 9.78 Å². The lowest BCUT2D eigenvalue weighted by Crippen LogP contribution is -2.13. The molecule has 0 bridgehead atoms. The lowest BCUT2D eigenvalue weighted by atomic mass is 10.1. The van der Waals surface area contributed by atoms with Crippen molar-refractivity contribution in [1.29, 1.82) is 0 Å². The maximum atomic E-state index is 13.0. The van der Waals surface area contributed by atoms with Crippen LogP contribution < -0.4 is 0 Å². The van der Waals surface area contributed by atoms with Gasteiger partial charge in [-0.15, -0.1) is 0 Å². The molecule has 1 rings (SSSR count). The quantitative estimate of drug-likeness (QED) is 0.665. The summed E-state index contributed by atoms with van der Waals surface area (Å²) in [5.74, 6) is -2.56. The Morgan fingerprint density at radius 2 is 2.26 bits per heavy atom. The van der Waals surface area contributed by atoms with Crippen molar-refractivity contribution in [2.45, 2.75) is 19.4 Å². The average molecular weight is 288 g/mol. The first kappa shape index (κ1) is 15.1. The van der Waals surface area contributed by atoms with Crippen molar-refractivity contribution in [3.8, 4) is 0 Å². The van der Waals surface area contributed by atoms with Gasteiger partial charge in [-0.1, -0.05) is 18.2 Å². The third-order valence-corrected chi connectivity index (χ3v) is 2.49. The zero-order chi connectivity index (χ0) is 14.6. The number of rotatable bonds is 5. The highest BCUT2D eigenvalue weighted by Crippen LogP contribution is 2.26. The Labute approximate surface area is 113 Å². The summed E-state index contributed by atoms with van der Waals surface area (Å²) in [6, 6.07) is 1.18. The van der Waals surface area contributed by atoms with E-state index in [-0.39, 0.29) is 22.7 Å². The number of ether oxygens (including phenoxy) is 1. The fourth-order valence-corrected chi connectivity index (χ4v) is 1.48. The fraction of sp³-hybridized carbons (Fsp3) is 0.250. The van der Waals surface area contributed by atoms with Gasteiger partial charge in [-0.05, 0) is 6.07 Å². The molecular weight excluding hydrogens is 277 g/mol. The van der Waals surface area contributed by atoms with Crippen LogP contribution >= 0.6 is 11.6 Å². The number of carbonyl (C=O) groups excluding carboxylic acids is 1. The van der Waals surface area contributed by atoms with E-state index in [2.05, 4.69) is 11.6 Å². The van der Waals surface area contributed by atoms with E-state index in [0.29, 0.717) is 0 Å². The minimum absolute atomic E-state index is 0.156. The van der Waals surface area contributed by atoms with Crippen molar-refractivity contribution < 1.29 is 23.8 Å². The first-order valence-corrected chi connectivity index (χ1v) is 5.58. The highest BCUT2D eigenvalue weighted by Gasteiger charge is 2.21. The van der Waals surface area contributed by atoms with Crippen LogP contribution in [-0.4, -0.2) is 22.0 Å². The molecule has 0 aliphatic heterocycles. The van der Waals surface area contributed by atoms with Crippen molar-refractivity contribution in [1.82, 2.24) is 4.98 Å². The Bertz CT molecular complexity index is 532. The lowest BCUT2D eigenvalue weighted by Gasteiger charge is -2.16. The standard InChI is InChI=1S/C12H11ClFNO4/c1-6(12(17)18)3-11(19-7(2)16)10-4-8(13)9(14)5-15-10/h4-5,11H,1,3H2,2H3,(H,17,18). The summed E-state index contributed by atoms with van der Waals surface area (Å²) in [5.41, 5.74) is -0.00232. The first-order chi connectivity index (χ1) is 8.81. The topological polar surface area (TPSA) is 76.5 Å². The van der Waals surface area contributed by atoms with Gasteiger partial charge in [0, 0.05) is 18.9 Å². The molecule has 102 valence electrons. The van der Waals surface area contributed by atoms with Crippen LogP contribution in [0.25, 0.3) is 0 Å². The zero-order valence-electron chi connectivity index (χ0n) is 10.0. The Morgan fingerprint density at radius 3 is 2.74 bits per heavy atom. The molecule has 0 aromatic carbocycles. The second-order valence-corrected chi connectivity index (χ2v) is 4.14. The highest BCUT2D eigenvalue weighted by molar-refractivity contribution is 6.30. The largest absolute Gasteiger partial charge is 0.478 e. The first-order valence-electron chi connectivity index (χ1n) is 5.20. The number of aromatic nitrogens is 1. The van der Waals surface area contributed by atoms with Gasteiger partial charge in [0.1, 0.15) is 6.10 Å². The second kappa shape index (κ2) is 6.29. The van der Waals surface area contributed by atoms with Crippen LogP contribution in [0.3, 0.4) is 0 Å². The monoisotopic (exact) mass is 287 g/mol. The van der Waals surface area contributed by atoms with E-state index in [1.54, 1.807) is 0 Å². The van der Waals surface area contributed by atoms with Crippen LogP contribution in [0.1, 0.15) is 25.1 Å². The summed E-state index contributed by atoms with van der Waals surface area (Å²) in [6.45, 7) is 4.51. The molecule has 1 heterocycles. The number of carboxylic acid groups (broad SMARTS) is 1. The van der Waals surface area contributed by atoms with Crippen LogP contribution in [0.2, 0.25) is 5.02 Å². The van der Waals surface area contributed by atoms with Gasteiger partial charge in [-0.2, -0.15) is 0 Å². The molecule has 1 aromatic rings. The number of hydrogen-bond acceptors (Lipinski definition) is 4. The molecule has 1 aromatic heterocycles. The van der Waals surface area contributed by atoms with Gasteiger partial charge in [0.15, 0.2) is 5.82 Å². The predicted octanol–water partition coefficient (Wildman–Crippen LogP) is 2.51. The van der Waals surface area contributed by atoms with Gasteiger partial charge < -0.3 is 9.84 Å². The molecule has 0 radical (unpaired) electrons. The normalized spacial score (nSPS) is 11.7. The van der Waals surface area contributed by atoms with Crippen LogP contribution in [0, 0.1) is 5.82 Å². The number of esters is 1. The number of hydrogen-bond donors (Lipinski definition) is 1.